The largest absolute Gasteiger partial charge is 0.496 e. The van der Waals surface area contributed by atoms with Crippen molar-refractivity contribution in [3.63, 3.8) is 0 Å². The van der Waals surface area contributed by atoms with E-state index in [2.05, 4.69) is 26.5 Å². The Labute approximate surface area is 183 Å². The number of halogens is 1. The Kier molecular flexibility index (Phi) is 7.45. The Morgan fingerprint density at radius 3 is 2.43 bits per heavy atom. The highest BCUT2D eigenvalue weighted by molar-refractivity contribution is 9.10. The Bertz CT molecular complexity index is 1040. The molecule has 0 aliphatic heterocycles. The molecule has 0 aliphatic carbocycles. The van der Waals surface area contributed by atoms with Gasteiger partial charge in [-0.2, -0.15) is 5.10 Å². The Hall–Kier alpha value is -3.32. The SMILES string of the molecule is COc1ccc(Br)cc1/C=N/NC(=O)c1ccc(OCc2ccccc2)c(OC)c1. The van der Waals surface area contributed by atoms with Crippen LogP contribution in [-0.2, 0) is 6.61 Å². The minimum Gasteiger partial charge on any atom is -0.496 e. The van der Waals surface area contributed by atoms with E-state index in [0.717, 1.165) is 15.6 Å². The van der Waals surface area contributed by atoms with Crippen molar-refractivity contribution in [3.05, 3.63) is 87.9 Å². The van der Waals surface area contributed by atoms with Gasteiger partial charge in [0.15, 0.2) is 11.5 Å². The highest BCUT2D eigenvalue weighted by atomic mass is 79.9. The minimum absolute atomic E-state index is 0.367. The summed E-state index contributed by atoms with van der Waals surface area (Å²) in [4.78, 5) is 12.5. The fourth-order valence-corrected chi connectivity index (χ4v) is 3.07. The quantitative estimate of drug-likeness (QED) is 0.380. The van der Waals surface area contributed by atoms with Gasteiger partial charge in [0.05, 0.1) is 20.4 Å². The van der Waals surface area contributed by atoms with Crippen molar-refractivity contribution >= 4 is 28.1 Å². The van der Waals surface area contributed by atoms with Crippen LogP contribution < -0.4 is 19.6 Å². The van der Waals surface area contributed by atoms with E-state index in [0.29, 0.717) is 29.4 Å². The first-order valence-electron chi connectivity index (χ1n) is 9.12. The molecular formula is C23H21BrN2O4. The number of methoxy groups -OCH3 is 2. The van der Waals surface area contributed by atoms with E-state index < -0.39 is 0 Å². The summed E-state index contributed by atoms with van der Waals surface area (Å²) in [6, 6.07) is 20.3. The van der Waals surface area contributed by atoms with E-state index in [1.54, 1.807) is 25.3 Å². The van der Waals surface area contributed by atoms with Gasteiger partial charge in [-0.05, 0) is 42.0 Å². The smallest absolute Gasteiger partial charge is 0.271 e. The summed E-state index contributed by atoms with van der Waals surface area (Å²) in [6.07, 6.45) is 1.52. The zero-order chi connectivity index (χ0) is 21.3. The zero-order valence-corrected chi connectivity index (χ0v) is 18.2. The van der Waals surface area contributed by atoms with E-state index >= 15 is 0 Å². The van der Waals surface area contributed by atoms with E-state index in [4.69, 9.17) is 14.2 Å². The monoisotopic (exact) mass is 468 g/mol. The molecule has 0 bridgehead atoms. The van der Waals surface area contributed by atoms with E-state index in [1.165, 1.54) is 13.3 Å². The summed E-state index contributed by atoms with van der Waals surface area (Å²) in [6.45, 7) is 0.404. The number of amides is 1. The average Bonchev–Trinajstić information content (AvgIpc) is 2.78. The first-order chi connectivity index (χ1) is 14.6. The van der Waals surface area contributed by atoms with Gasteiger partial charge in [0, 0.05) is 15.6 Å². The van der Waals surface area contributed by atoms with Gasteiger partial charge in [-0.3, -0.25) is 4.79 Å². The summed E-state index contributed by atoms with van der Waals surface area (Å²) in [7, 11) is 3.11. The molecule has 0 unspecified atom stereocenters. The second-order valence-corrected chi connectivity index (χ2v) is 7.14. The number of hydrogen-bond donors (Lipinski definition) is 1. The molecule has 3 rings (SSSR count). The van der Waals surface area contributed by atoms with E-state index in [-0.39, 0.29) is 5.91 Å². The number of rotatable bonds is 8. The molecule has 0 atom stereocenters. The fraction of sp³-hybridized carbons (Fsp3) is 0.130. The summed E-state index contributed by atoms with van der Waals surface area (Å²) >= 11 is 3.40. The maximum Gasteiger partial charge on any atom is 0.271 e. The first-order valence-corrected chi connectivity index (χ1v) is 9.91. The molecule has 0 aliphatic rings. The molecule has 3 aromatic rings. The highest BCUT2D eigenvalue weighted by Crippen LogP contribution is 2.29. The van der Waals surface area contributed by atoms with Crippen LogP contribution in [0.5, 0.6) is 17.2 Å². The number of ether oxygens (including phenoxy) is 3. The van der Waals surface area contributed by atoms with Crippen LogP contribution in [0, 0.1) is 0 Å². The normalized spacial score (nSPS) is 10.6. The van der Waals surface area contributed by atoms with Crippen LogP contribution >= 0.6 is 15.9 Å². The number of benzene rings is 3. The second-order valence-electron chi connectivity index (χ2n) is 6.23. The number of carbonyl (C=O) groups excluding carboxylic acids is 1. The van der Waals surface area contributed by atoms with Crippen molar-refractivity contribution < 1.29 is 19.0 Å². The van der Waals surface area contributed by atoms with Gasteiger partial charge in [0.2, 0.25) is 0 Å². The topological polar surface area (TPSA) is 69.2 Å². The van der Waals surface area contributed by atoms with Crippen molar-refractivity contribution in [3.8, 4) is 17.2 Å². The fourth-order valence-electron chi connectivity index (χ4n) is 2.69. The van der Waals surface area contributed by atoms with Crippen LogP contribution in [-0.4, -0.2) is 26.3 Å². The van der Waals surface area contributed by atoms with Crippen molar-refractivity contribution in [2.75, 3.05) is 14.2 Å². The lowest BCUT2D eigenvalue weighted by Gasteiger charge is -2.12. The summed E-state index contributed by atoms with van der Waals surface area (Å²) < 4.78 is 17.4. The maximum atomic E-state index is 12.5. The molecule has 154 valence electrons. The van der Waals surface area contributed by atoms with Gasteiger partial charge in [0.1, 0.15) is 12.4 Å². The maximum absolute atomic E-state index is 12.5. The minimum atomic E-state index is -0.367. The van der Waals surface area contributed by atoms with Crippen LogP contribution in [0.1, 0.15) is 21.5 Å². The summed E-state index contributed by atoms with van der Waals surface area (Å²) in [5.41, 5.74) is 4.68. The number of carbonyl (C=O) groups is 1. The predicted octanol–water partition coefficient (Wildman–Crippen LogP) is 4.81. The molecule has 0 heterocycles. The molecule has 1 N–H and O–H groups in total. The van der Waals surface area contributed by atoms with Crippen LogP contribution in [0.2, 0.25) is 0 Å². The van der Waals surface area contributed by atoms with Gasteiger partial charge in [-0.1, -0.05) is 46.3 Å². The highest BCUT2D eigenvalue weighted by Gasteiger charge is 2.11. The summed E-state index contributed by atoms with van der Waals surface area (Å²) in [5.74, 6) is 1.31. The molecule has 0 saturated carbocycles. The van der Waals surface area contributed by atoms with Gasteiger partial charge in [-0.15, -0.1) is 0 Å². The van der Waals surface area contributed by atoms with Gasteiger partial charge >= 0.3 is 0 Å². The standard InChI is InChI=1S/C23H21BrN2O4/c1-28-20-11-9-19(24)12-18(20)14-25-26-23(27)17-8-10-21(22(13-17)29-2)30-15-16-6-4-3-5-7-16/h3-14H,15H2,1-2H3,(H,26,27)/b25-14+. The van der Waals surface area contributed by atoms with Crippen LogP contribution in [0.4, 0.5) is 0 Å². The molecule has 7 heteroatoms. The van der Waals surface area contributed by atoms with Crippen molar-refractivity contribution in [1.82, 2.24) is 5.43 Å². The molecule has 0 saturated heterocycles. The van der Waals surface area contributed by atoms with Crippen LogP contribution in [0.25, 0.3) is 0 Å². The summed E-state index contributed by atoms with van der Waals surface area (Å²) in [5, 5.41) is 4.02. The second kappa shape index (κ2) is 10.5. The van der Waals surface area contributed by atoms with Gasteiger partial charge in [0.25, 0.3) is 5.91 Å². The molecule has 0 aromatic heterocycles. The Balaban J connectivity index is 1.67. The molecule has 6 nitrogen and oxygen atoms in total. The number of nitrogens with zero attached hydrogens (tertiary/aromatic N) is 1. The molecule has 0 radical (unpaired) electrons. The number of hydrazone groups is 1. The lowest BCUT2D eigenvalue weighted by atomic mass is 10.2. The lowest BCUT2D eigenvalue weighted by molar-refractivity contribution is 0.0954. The molecule has 30 heavy (non-hydrogen) atoms. The van der Waals surface area contributed by atoms with Crippen molar-refractivity contribution in [1.29, 1.82) is 0 Å². The zero-order valence-electron chi connectivity index (χ0n) is 16.6. The molecule has 1 amide bonds. The number of hydrogen-bond acceptors (Lipinski definition) is 5. The van der Waals surface area contributed by atoms with E-state index in [1.807, 2.05) is 48.5 Å². The van der Waals surface area contributed by atoms with Crippen molar-refractivity contribution in [2.24, 2.45) is 5.10 Å². The lowest BCUT2D eigenvalue weighted by Crippen LogP contribution is -2.17. The molecular weight excluding hydrogens is 448 g/mol. The van der Waals surface area contributed by atoms with Crippen LogP contribution in [0.15, 0.2) is 76.3 Å². The Morgan fingerprint density at radius 1 is 0.967 bits per heavy atom. The Morgan fingerprint density at radius 2 is 1.70 bits per heavy atom. The number of nitrogens with one attached hydrogen (secondary N) is 1. The first kappa shape index (κ1) is 21.4. The average molecular weight is 469 g/mol. The third-order valence-corrected chi connectivity index (χ3v) is 4.72. The van der Waals surface area contributed by atoms with E-state index in [9.17, 15) is 4.79 Å². The third-order valence-electron chi connectivity index (χ3n) is 4.22. The van der Waals surface area contributed by atoms with Gasteiger partial charge in [-0.25, -0.2) is 5.43 Å². The molecule has 0 fully saturated rings. The third kappa shape index (κ3) is 5.61. The van der Waals surface area contributed by atoms with Gasteiger partial charge < -0.3 is 14.2 Å². The van der Waals surface area contributed by atoms with Crippen molar-refractivity contribution in [2.45, 2.75) is 6.61 Å². The van der Waals surface area contributed by atoms with Crippen LogP contribution in [0.3, 0.4) is 0 Å². The predicted molar refractivity (Wildman–Crippen MR) is 120 cm³/mol. The molecule has 3 aromatic carbocycles. The molecule has 0 spiro atoms.